The zero-order valence-corrected chi connectivity index (χ0v) is 20.9. The van der Waals surface area contributed by atoms with Crippen molar-refractivity contribution in [3.05, 3.63) is 123 Å². The Morgan fingerprint density at radius 1 is 0.649 bits per heavy atom. The molecule has 0 spiro atoms. The van der Waals surface area contributed by atoms with Crippen LogP contribution in [0.3, 0.4) is 0 Å². The molecule has 186 valence electrons. The highest BCUT2D eigenvalue weighted by Gasteiger charge is 2.18. The van der Waals surface area contributed by atoms with Gasteiger partial charge in [0.15, 0.2) is 5.78 Å². The summed E-state index contributed by atoms with van der Waals surface area (Å²) in [4.78, 5) is 50.9. The van der Waals surface area contributed by atoms with Gasteiger partial charge in [0.1, 0.15) is 0 Å². The van der Waals surface area contributed by atoms with Crippen molar-refractivity contribution in [1.29, 1.82) is 0 Å². The Kier molecular flexibility index (Phi) is 8.22. The van der Waals surface area contributed by atoms with E-state index in [1.807, 2.05) is 24.4 Å². The first-order valence-electron chi connectivity index (χ1n) is 11.6. The van der Waals surface area contributed by atoms with E-state index in [1.165, 1.54) is 11.3 Å². The van der Waals surface area contributed by atoms with Gasteiger partial charge in [-0.2, -0.15) is 0 Å². The third kappa shape index (κ3) is 6.56. The molecule has 0 saturated heterocycles. The number of rotatable bonds is 9. The van der Waals surface area contributed by atoms with Crippen LogP contribution >= 0.6 is 11.3 Å². The summed E-state index contributed by atoms with van der Waals surface area (Å²) in [6.45, 7) is 2.52. The number of benzene rings is 3. The van der Waals surface area contributed by atoms with Crippen molar-refractivity contribution in [1.82, 2.24) is 10.6 Å². The number of anilines is 1. The number of hydrogen-bond acceptors (Lipinski definition) is 5. The maximum Gasteiger partial charge on any atom is 0.261 e. The minimum absolute atomic E-state index is 0.175. The van der Waals surface area contributed by atoms with Crippen LogP contribution < -0.4 is 16.0 Å². The van der Waals surface area contributed by atoms with Crippen molar-refractivity contribution in [2.24, 2.45) is 0 Å². The number of hydrogen-bond donors (Lipinski definition) is 3. The first kappa shape index (κ1) is 25.5. The Labute approximate surface area is 218 Å². The van der Waals surface area contributed by atoms with E-state index in [9.17, 15) is 19.2 Å². The van der Waals surface area contributed by atoms with Gasteiger partial charge in [0.2, 0.25) is 0 Å². The molecule has 1 heterocycles. The molecule has 4 rings (SSSR count). The van der Waals surface area contributed by atoms with E-state index in [1.54, 1.807) is 72.8 Å². The van der Waals surface area contributed by atoms with Crippen LogP contribution in [0, 0.1) is 6.92 Å². The van der Waals surface area contributed by atoms with Crippen LogP contribution in [0.2, 0.25) is 0 Å². The summed E-state index contributed by atoms with van der Waals surface area (Å²) >= 11 is 1.35. The fourth-order valence-electron chi connectivity index (χ4n) is 3.59. The second-order valence-corrected chi connectivity index (χ2v) is 9.21. The van der Waals surface area contributed by atoms with Crippen molar-refractivity contribution in [3.63, 3.8) is 0 Å². The Bertz CT molecular complexity index is 1410. The topological polar surface area (TPSA) is 104 Å². The van der Waals surface area contributed by atoms with Crippen molar-refractivity contribution >= 4 is 40.5 Å². The number of nitrogens with one attached hydrogen (secondary N) is 3. The summed E-state index contributed by atoms with van der Waals surface area (Å²) < 4.78 is 0. The predicted octanol–water partition coefficient (Wildman–Crippen LogP) is 4.70. The minimum atomic E-state index is -0.422. The standard InChI is InChI=1S/C29H25N3O4S/c1-19-8-10-20(11-9-19)26(33)23-5-2-3-6-24(23)28(35)32-22-14-12-21(13-15-22)27(34)30-16-17-31-29(36)25-7-4-18-37-25/h2-15,18H,16-17H2,1H3,(H,30,34)(H,31,36)(H,32,35). The third-order valence-corrected chi connectivity index (χ3v) is 6.44. The molecule has 3 N–H and O–H groups in total. The lowest BCUT2D eigenvalue weighted by Gasteiger charge is -2.11. The van der Waals surface area contributed by atoms with Gasteiger partial charge >= 0.3 is 0 Å². The van der Waals surface area contributed by atoms with Gasteiger partial charge in [-0.15, -0.1) is 11.3 Å². The number of carbonyl (C=O) groups excluding carboxylic acids is 4. The maximum atomic E-state index is 13.0. The molecule has 1 aromatic heterocycles. The largest absolute Gasteiger partial charge is 0.350 e. The predicted molar refractivity (Wildman–Crippen MR) is 144 cm³/mol. The average Bonchev–Trinajstić information content (AvgIpc) is 3.47. The molecule has 0 aliphatic carbocycles. The van der Waals surface area contributed by atoms with Crippen LogP contribution in [0.5, 0.6) is 0 Å². The Hall–Kier alpha value is -4.56. The van der Waals surface area contributed by atoms with Crippen molar-refractivity contribution in [2.75, 3.05) is 18.4 Å². The van der Waals surface area contributed by atoms with E-state index < -0.39 is 5.91 Å². The molecule has 0 fully saturated rings. The summed E-state index contributed by atoms with van der Waals surface area (Å²) in [5, 5.41) is 10.1. The summed E-state index contributed by atoms with van der Waals surface area (Å²) in [5.41, 5.74) is 3.03. The molecule has 0 atom stereocenters. The molecule has 7 nitrogen and oxygen atoms in total. The Morgan fingerprint density at radius 3 is 1.92 bits per heavy atom. The quantitative estimate of drug-likeness (QED) is 0.224. The van der Waals surface area contributed by atoms with Crippen LogP contribution in [0.4, 0.5) is 5.69 Å². The molecule has 0 aliphatic heterocycles. The lowest BCUT2D eigenvalue weighted by molar-refractivity contribution is 0.0929. The van der Waals surface area contributed by atoms with E-state index in [0.717, 1.165) is 5.56 Å². The van der Waals surface area contributed by atoms with Gasteiger partial charge in [-0.3, -0.25) is 19.2 Å². The number of carbonyl (C=O) groups is 4. The highest BCUT2D eigenvalue weighted by Crippen LogP contribution is 2.18. The molecular formula is C29H25N3O4S. The van der Waals surface area contributed by atoms with Crippen LogP contribution in [0.25, 0.3) is 0 Å². The second-order valence-electron chi connectivity index (χ2n) is 8.26. The highest BCUT2D eigenvalue weighted by atomic mass is 32.1. The average molecular weight is 512 g/mol. The van der Waals surface area contributed by atoms with Gasteiger partial charge in [0, 0.05) is 35.5 Å². The number of thiophene rings is 1. The van der Waals surface area contributed by atoms with Crippen LogP contribution in [0.15, 0.2) is 90.3 Å². The molecule has 0 aliphatic rings. The minimum Gasteiger partial charge on any atom is -0.350 e. The summed E-state index contributed by atoms with van der Waals surface area (Å²) in [7, 11) is 0. The Balaban J connectivity index is 1.33. The fourth-order valence-corrected chi connectivity index (χ4v) is 4.23. The van der Waals surface area contributed by atoms with Crippen molar-refractivity contribution in [3.8, 4) is 0 Å². The Morgan fingerprint density at radius 2 is 1.27 bits per heavy atom. The summed E-state index contributed by atoms with van der Waals surface area (Å²) in [6, 6.07) is 23.8. The molecule has 37 heavy (non-hydrogen) atoms. The maximum absolute atomic E-state index is 13.0. The summed E-state index contributed by atoms with van der Waals surface area (Å²) in [5.74, 6) is -1.12. The van der Waals surface area contributed by atoms with Gasteiger partial charge < -0.3 is 16.0 Å². The fraction of sp³-hybridized carbons (Fsp3) is 0.103. The normalized spacial score (nSPS) is 10.4. The van der Waals surface area contributed by atoms with E-state index in [0.29, 0.717) is 33.8 Å². The smallest absolute Gasteiger partial charge is 0.261 e. The number of ketones is 1. The third-order valence-electron chi connectivity index (χ3n) is 5.58. The zero-order valence-electron chi connectivity index (χ0n) is 20.1. The first-order chi connectivity index (χ1) is 17.9. The lowest BCUT2D eigenvalue weighted by atomic mass is 9.97. The second kappa shape index (κ2) is 11.9. The van der Waals surface area contributed by atoms with Gasteiger partial charge in [-0.05, 0) is 48.7 Å². The molecule has 0 unspecified atom stereocenters. The first-order valence-corrected chi connectivity index (χ1v) is 12.5. The molecule has 3 aromatic carbocycles. The van der Waals surface area contributed by atoms with E-state index in [4.69, 9.17) is 0 Å². The van der Waals surface area contributed by atoms with E-state index in [-0.39, 0.29) is 29.7 Å². The lowest BCUT2D eigenvalue weighted by Crippen LogP contribution is -2.34. The van der Waals surface area contributed by atoms with Crippen LogP contribution in [-0.4, -0.2) is 36.6 Å². The van der Waals surface area contributed by atoms with Crippen molar-refractivity contribution in [2.45, 2.75) is 6.92 Å². The molecule has 0 saturated carbocycles. The van der Waals surface area contributed by atoms with Gasteiger partial charge in [-0.25, -0.2) is 0 Å². The van der Waals surface area contributed by atoms with Crippen LogP contribution in [-0.2, 0) is 0 Å². The summed E-state index contributed by atoms with van der Waals surface area (Å²) in [6.07, 6.45) is 0. The highest BCUT2D eigenvalue weighted by molar-refractivity contribution is 7.12. The monoisotopic (exact) mass is 511 g/mol. The molecule has 3 amide bonds. The van der Waals surface area contributed by atoms with Gasteiger partial charge in [0.05, 0.1) is 10.4 Å². The molecule has 0 bridgehead atoms. The van der Waals surface area contributed by atoms with Gasteiger partial charge in [0.25, 0.3) is 17.7 Å². The molecular weight excluding hydrogens is 486 g/mol. The molecule has 0 radical (unpaired) electrons. The molecule has 4 aromatic rings. The number of amides is 3. The van der Waals surface area contributed by atoms with E-state index in [2.05, 4.69) is 16.0 Å². The van der Waals surface area contributed by atoms with Crippen LogP contribution in [0.1, 0.15) is 51.9 Å². The zero-order chi connectivity index (χ0) is 26.2. The number of aryl methyl sites for hydroxylation is 1. The van der Waals surface area contributed by atoms with E-state index >= 15 is 0 Å². The van der Waals surface area contributed by atoms with Crippen molar-refractivity contribution < 1.29 is 19.2 Å². The molecule has 8 heteroatoms. The van der Waals surface area contributed by atoms with Gasteiger partial charge in [-0.1, -0.05) is 54.1 Å². The SMILES string of the molecule is Cc1ccc(C(=O)c2ccccc2C(=O)Nc2ccc(C(=O)NCCNC(=O)c3cccs3)cc2)cc1.